The molecule has 1 aromatic rings. The maximum atomic E-state index is 5.61. The lowest BCUT2D eigenvalue weighted by atomic mass is 9.66. The summed E-state index contributed by atoms with van der Waals surface area (Å²) >= 11 is 0. The number of hydrogen-bond acceptors (Lipinski definition) is 3. The van der Waals surface area contributed by atoms with Crippen LogP contribution < -0.4 is 9.47 Å². The van der Waals surface area contributed by atoms with E-state index in [0.717, 1.165) is 11.5 Å². The minimum Gasteiger partial charge on any atom is -0.458 e. The van der Waals surface area contributed by atoms with Crippen molar-refractivity contribution in [2.24, 2.45) is 0 Å². The predicted molar refractivity (Wildman–Crippen MR) is 78.0 cm³/mol. The zero-order chi connectivity index (χ0) is 13.6. The van der Waals surface area contributed by atoms with Crippen molar-refractivity contribution in [3.63, 3.8) is 0 Å². The molecule has 3 nitrogen and oxygen atoms in total. The van der Waals surface area contributed by atoms with Gasteiger partial charge in [-0.25, -0.2) is 0 Å². The van der Waals surface area contributed by atoms with Gasteiger partial charge in [-0.3, -0.25) is 0 Å². The zero-order valence-electron chi connectivity index (χ0n) is 12.0. The van der Waals surface area contributed by atoms with Crippen LogP contribution in [0, 0.1) is 0 Å². The van der Waals surface area contributed by atoms with E-state index >= 15 is 0 Å². The Bertz CT molecular complexity index is 550. The fourth-order valence-electron chi connectivity index (χ4n) is 4.38. The van der Waals surface area contributed by atoms with Crippen LogP contribution in [0.15, 0.2) is 30.7 Å². The summed E-state index contributed by atoms with van der Waals surface area (Å²) in [4.78, 5) is 2.55. The van der Waals surface area contributed by atoms with Crippen molar-refractivity contribution in [3.05, 3.63) is 36.3 Å². The number of likely N-dealkylation sites (tertiary alicyclic amines) is 1. The summed E-state index contributed by atoms with van der Waals surface area (Å²) in [7, 11) is 2.28. The van der Waals surface area contributed by atoms with Gasteiger partial charge in [0.1, 0.15) is 12.5 Å². The van der Waals surface area contributed by atoms with E-state index in [9.17, 15) is 0 Å². The standard InChI is InChI=1S/C17H21NO2/c1-18-9-8-17(7-3-2-4-16(17)18)13-5-6-14-15(12-13)20-11-10-19-14/h5-6,10-12,16H,2-4,7-9H2,1H3/t16-,17-/m1/s1. The van der Waals surface area contributed by atoms with Crippen molar-refractivity contribution in [3.8, 4) is 11.5 Å². The largest absolute Gasteiger partial charge is 0.458 e. The van der Waals surface area contributed by atoms with Crippen LogP contribution in [0.25, 0.3) is 0 Å². The van der Waals surface area contributed by atoms with Gasteiger partial charge in [-0.15, -0.1) is 0 Å². The van der Waals surface area contributed by atoms with Gasteiger partial charge < -0.3 is 14.4 Å². The van der Waals surface area contributed by atoms with Crippen molar-refractivity contribution in [2.45, 2.75) is 43.6 Å². The number of nitrogens with zero attached hydrogens (tertiary/aromatic N) is 1. The molecule has 1 saturated carbocycles. The first-order valence-corrected chi connectivity index (χ1v) is 7.63. The van der Waals surface area contributed by atoms with Crippen molar-refractivity contribution in [1.82, 2.24) is 4.90 Å². The van der Waals surface area contributed by atoms with Gasteiger partial charge in [-0.2, -0.15) is 0 Å². The molecule has 3 heteroatoms. The third-order valence-electron chi connectivity index (χ3n) is 5.40. The van der Waals surface area contributed by atoms with E-state index in [1.165, 1.54) is 44.2 Å². The molecule has 2 fully saturated rings. The lowest BCUT2D eigenvalue weighted by molar-refractivity contribution is 0.181. The summed E-state index contributed by atoms with van der Waals surface area (Å²) in [5, 5.41) is 0. The molecule has 0 unspecified atom stereocenters. The summed E-state index contributed by atoms with van der Waals surface area (Å²) in [5.41, 5.74) is 1.76. The molecule has 0 spiro atoms. The summed E-state index contributed by atoms with van der Waals surface area (Å²) in [6.45, 7) is 1.21. The first kappa shape index (κ1) is 12.3. The maximum Gasteiger partial charge on any atom is 0.169 e. The Morgan fingerprint density at radius 3 is 2.85 bits per heavy atom. The molecule has 1 saturated heterocycles. The van der Waals surface area contributed by atoms with Crippen LogP contribution in [0.2, 0.25) is 0 Å². The molecular weight excluding hydrogens is 250 g/mol. The van der Waals surface area contributed by atoms with Crippen LogP contribution in [0.5, 0.6) is 11.5 Å². The lowest BCUT2D eigenvalue weighted by Crippen LogP contribution is -2.43. The summed E-state index contributed by atoms with van der Waals surface area (Å²) in [5.74, 6) is 1.68. The average Bonchev–Trinajstić information content (AvgIpc) is 2.86. The van der Waals surface area contributed by atoms with Gasteiger partial charge in [0.2, 0.25) is 0 Å². The highest BCUT2D eigenvalue weighted by atomic mass is 16.5. The van der Waals surface area contributed by atoms with Crippen LogP contribution in [-0.2, 0) is 5.41 Å². The molecule has 1 aliphatic carbocycles. The van der Waals surface area contributed by atoms with E-state index in [2.05, 4.69) is 30.1 Å². The van der Waals surface area contributed by atoms with Gasteiger partial charge in [-0.1, -0.05) is 18.9 Å². The monoisotopic (exact) mass is 271 g/mol. The number of fused-ring (bicyclic) bond motifs is 2. The highest BCUT2D eigenvalue weighted by molar-refractivity contribution is 5.48. The zero-order valence-corrected chi connectivity index (χ0v) is 12.0. The van der Waals surface area contributed by atoms with E-state index in [4.69, 9.17) is 9.47 Å². The van der Waals surface area contributed by atoms with Gasteiger partial charge >= 0.3 is 0 Å². The van der Waals surface area contributed by atoms with E-state index in [0.29, 0.717) is 11.5 Å². The van der Waals surface area contributed by atoms with E-state index in [1.807, 2.05) is 0 Å². The molecule has 4 rings (SSSR count). The Balaban J connectivity index is 1.76. The molecule has 0 aromatic heterocycles. The molecule has 0 amide bonds. The van der Waals surface area contributed by atoms with E-state index < -0.39 is 0 Å². The van der Waals surface area contributed by atoms with Crippen LogP contribution in [0.1, 0.15) is 37.7 Å². The van der Waals surface area contributed by atoms with Crippen molar-refractivity contribution < 1.29 is 9.47 Å². The van der Waals surface area contributed by atoms with Crippen molar-refractivity contribution in [1.29, 1.82) is 0 Å². The second kappa shape index (κ2) is 4.52. The molecule has 0 bridgehead atoms. The smallest absolute Gasteiger partial charge is 0.169 e. The SMILES string of the molecule is CN1CC[C@@]2(c3ccc4c(c3)OC=CO4)CCCC[C@@H]12. The summed E-state index contributed by atoms with van der Waals surface area (Å²) in [6.07, 6.45) is 9.81. The summed E-state index contributed by atoms with van der Waals surface area (Å²) in [6, 6.07) is 7.21. The van der Waals surface area contributed by atoms with Gasteiger partial charge in [0.05, 0.1) is 0 Å². The van der Waals surface area contributed by atoms with Gasteiger partial charge in [0, 0.05) is 11.5 Å². The van der Waals surface area contributed by atoms with Gasteiger partial charge in [0.15, 0.2) is 11.5 Å². The Morgan fingerprint density at radius 2 is 1.95 bits per heavy atom. The minimum absolute atomic E-state index is 0.326. The number of likely N-dealkylation sites (N-methyl/N-ethyl adjacent to an activating group) is 1. The number of hydrogen-bond donors (Lipinski definition) is 0. The fourth-order valence-corrected chi connectivity index (χ4v) is 4.38. The minimum atomic E-state index is 0.326. The Morgan fingerprint density at radius 1 is 1.10 bits per heavy atom. The lowest BCUT2D eigenvalue weighted by Gasteiger charge is -2.42. The van der Waals surface area contributed by atoms with Crippen LogP contribution in [-0.4, -0.2) is 24.5 Å². The second-order valence-corrected chi connectivity index (χ2v) is 6.32. The second-order valence-electron chi connectivity index (χ2n) is 6.32. The molecule has 0 N–H and O–H groups in total. The molecule has 2 aliphatic heterocycles. The molecular formula is C17H21NO2. The fraction of sp³-hybridized carbons (Fsp3) is 0.529. The number of rotatable bonds is 1. The third-order valence-corrected chi connectivity index (χ3v) is 5.40. The molecule has 2 atom stereocenters. The quantitative estimate of drug-likeness (QED) is 0.781. The Labute approximate surface area is 120 Å². The first-order chi connectivity index (χ1) is 9.79. The first-order valence-electron chi connectivity index (χ1n) is 7.63. The Hall–Kier alpha value is -1.48. The molecule has 3 aliphatic rings. The average molecular weight is 271 g/mol. The predicted octanol–water partition coefficient (Wildman–Crippen LogP) is 3.44. The normalized spacial score (nSPS) is 32.1. The summed E-state index contributed by atoms with van der Waals surface area (Å²) < 4.78 is 11.1. The van der Waals surface area contributed by atoms with Gasteiger partial charge in [-0.05, 0) is 50.6 Å². The van der Waals surface area contributed by atoms with Crippen LogP contribution in [0.3, 0.4) is 0 Å². The molecule has 1 aromatic carbocycles. The van der Waals surface area contributed by atoms with E-state index in [1.54, 1.807) is 12.5 Å². The van der Waals surface area contributed by atoms with Crippen LogP contribution >= 0.6 is 0 Å². The van der Waals surface area contributed by atoms with Gasteiger partial charge in [0.25, 0.3) is 0 Å². The van der Waals surface area contributed by atoms with Crippen molar-refractivity contribution in [2.75, 3.05) is 13.6 Å². The highest BCUT2D eigenvalue weighted by Crippen LogP contribution is 2.49. The molecule has 2 heterocycles. The number of benzene rings is 1. The number of ether oxygens (including phenoxy) is 2. The molecule has 20 heavy (non-hydrogen) atoms. The van der Waals surface area contributed by atoms with Crippen LogP contribution in [0.4, 0.5) is 0 Å². The molecule has 0 radical (unpaired) electrons. The highest BCUT2D eigenvalue weighted by Gasteiger charge is 2.48. The van der Waals surface area contributed by atoms with Crippen molar-refractivity contribution >= 4 is 0 Å². The Kier molecular flexibility index (Phi) is 2.77. The third kappa shape index (κ3) is 1.69. The maximum absolute atomic E-state index is 5.61. The topological polar surface area (TPSA) is 21.7 Å². The van der Waals surface area contributed by atoms with E-state index in [-0.39, 0.29) is 0 Å². The molecule has 106 valence electrons.